The van der Waals surface area contributed by atoms with E-state index in [0.717, 1.165) is 0 Å². The molecule has 3 radical (unpaired) electrons. The molecular weight excluding hydrogens is 431 g/mol. The van der Waals surface area contributed by atoms with Crippen LogP contribution in [-0.4, -0.2) is 30.3 Å². The van der Waals surface area contributed by atoms with Crippen LogP contribution < -0.4 is 27.0 Å². The second-order valence-corrected chi connectivity index (χ2v) is 4.43. The fourth-order valence-electron chi connectivity index (χ4n) is 0. The van der Waals surface area contributed by atoms with Crippen molar-refractivity contribution in [1.82, 2.24) is 21.3 Å². The van der Waals surface area contributed by atoms with Crippen LogP contribution in [0.5, 0.6) is 0 Å². The summed E-state index contributed by atoms with van der Waals surface area (Å²) in [6, 6.07) is 1.57. The van der Waals surface area contributed by atoms with Gasteiger partial charge in [-0.15, -0.1) is 0 Å². The van der Waals surface area contributed by atoms with Crippen molar-refractivity contribution < 1.29 is 60.8 Å². The summed E-state index contributed by atoms with van der Waals surface area (Å²) in [5.41, 5.74) is 4.25. The van der Waals surface area contributed by atoms with Gasteiger partial charge in [0.1, 0.15) is 0 Å². The van der Waals surface area contributed by atoms with Crippen molar-refractivity contribution in [2.24, 2.45) is 5.73 Å². The largest absolute Gasteiger partial charge is 2.00 e. The van der Waals surface area contributed by atoms with E-state index in [9.17, 15) is 0 Å². The molecule has 7 N–H and O–H groups in total. The van der Waals surface area contributed by atoms with Crippen LogP contribution in [0.25, 0.3) is 0 Å². The number of nitrogens with two attached hydrogens (primary N) is 1. The first-order valence-corrected chi connectivity index (χ1v) is 6.97. The van der Waals surface area contributed by atoms with Crippen LogP contribution in [0.4, 0.5) is 0 Å². The monoisotopic (exact) mass is 474 g/mol. The molecule has 0 heterocycles. The van der Waals surface area contributed by atoms with E-state index in [0.29, 0.717) is 18.1 Å². The van der Waals surface area contributed by atoms with Gasteiger partial charge in [0.25, 0.3) is 0 Å². The summed E-state index contributed by atoms with van der Waals surface area (Å²) in [4.78, 5) is 0. The van der Waals surface area contributed by atoms with Crippen LogP contribution in [0.1, 0.15) is 41.5 Å². The minimum Gasteiger partial charge on any atom is -0.569 e. The third-order valence-electron chi connectivity index (χ3n) is 1.22. The van der Waals surface area contributed by atoms with Crippen molar-refractivity contribution >= 4 is 0 Å². The van der Waals surface area contributed by atoms with Crippen molar-refractivity contribution in [3.63, 3.8) is 0 Å². The van der Waals surface area contributed by atoms with Crippen LogP contribution in [-0.2, 0) is 55.7 Å². The van der Waals surface area contributed by atoms with Gasteiger partial charge < -0.3 is 32.1 Å². The molecule has 0 fully saturated rings. The minimum absolute atomic E-state index is 0. The van der Waals surface area contributed by atoms with Crippen molar-refractivity contribution in [2.45, 2.75) is 59.7 Å². The van der Waals surface area contributed by atoms with Gasteiger partial charge in [-0.25, -0.2) is 7.11 Å². The normalized spacial score (nSPS) is 6.96. The maximum Gasteiger partial charge on any atom is 2.00 e. The average Bonchev–Trinajstić information content (AvgIpc) is 2.53. The Morgan fingerprint density at radius 1 is 0.600 bits per heavy atom. The Balaban J connectivity index is -0.0000000178. The van der Waals surface area contributed by atoms with Crippen LogP contribution in [0.3, 0.4) is 0 Å². The first-order chi connectivity index (χ1) is 10.2. The zero-order chi connectivity index (χ0) is 19.6. The summed E-state index contributed by atoms with van der Waals surface area (Å²) in [5, 5.41) is 17.6. The number of nitrogens with one attached hydrogen (secondary N) is 4. The van der Waals surface area contributed by atoms with Gasteiger partial charge >= 0.3 is 55.7 Å². The number of rotatable bonds is 3. The molecule has 0 amide bonds. The quantitative estimate of drug-likeness (QED) is 0.352. The summed E-state index contributed by atoms with van der Waals surface area (Å²) in [5.74, 6) is 0. The van der Waals surface area contributed by atoms with Crippen molar-refractivity contribution in [1.29, 1.82) is 0 Å². The van der Waals surface area contributed by atoms with Crippen molar-refractivity contribution in [2.75, 3.05) is 7.05 Å². The van der Waals surface area contributed by atoms with Gasteiger partial charge in [0.2, 0.25) is 0 Å². The molecule has 0 atom stereocenters. The first-order valence-electron chi connectivity index (χ1n) is 6.97. The van der Waals surface area contributed by atoms with Crippen LogP contribution in [0, 0.1) is 42.3 Å². The van der Waals surface area contributed by atoms with Gasteiger partial charge in [-0.1, -0.05) is 41.5 Å². The van der Waals surface area contributed by atoms with Crippen LogP contribution >= 0.6 is 0 Å². The van der Waals surface area contributed by atoms with E-state index in [-0.39, 0.29) is 55.7 Å². The summed E-state index contributed by atoms with van der Waals surface area (Å²) < 4.78 is 0. The molecule has 0 aliphatic heterocycles. The number of hydrogen-bond acceptors (Lipinski definition) is 6. The summed E-state index contributed by atoms with van der Waals surface area (Å²) in [6.07, 6.45) is 0. The van der Waals surface area contributed by atoms with Gasteiger partial charge in [-0.2, -0.15) is 0 Å². The number of aliphatic hydroxyl groups is 1. The predicted molar refractivity (Wildman–Crippen MR) is 102 cm³/mol. The van der Waals surface area contributed by atoms with Gasteiger partial charge in [0.05, 0.1) is 0 Å². The molecule has 0 aromatic rings. The third kappa shape index (κ3) is 250. The molecule has 0 saturated carbocycles. The first kappa shape index (κ1) is 56.3. The molecule has 0 unspecified atom stereocenters. The predicted octanol–water partition coefficient (Wildman–Crippen LogP) is 2.21. The number of hydrogen-bond donors (Lipinski definition) is 6. The molecular formula is C16H43N5OV3. The van der Waals surface area contributed by atoms with E-state index in [1.165, 1.54) is 0 Å². The molecule has 0 saturated heterocycles. The standard InChI is InChI=1S/3C4H10N.C2H6N.CH4N.CH3O.3V/c3*1-4(2)5-3;1-3-2;2*1-2;;;/h3*4-5H,3H2,1-2H3;3H,1H2,2H3;1-2H2;2H,1H2;;;/q6*-1;3*+2. The summed E-state index contributed by atoms with van der Waals surface area (Å²) in [6.45, 7) is 12.3. The van der Waals surface area contributed by atoms with Crippen molar-refractivity contribution in [3.8, 4) is 0 Å². The Kier molecular flexibility index (Phi) is 164. The van der Waals surface area contributed by atoms with Gasteiger partial charge in [-0.3, -0.25) is 35.2 Å². The van der Waals surface area contributed by atoms with Gasteiger partial charge in [0, 0.05) is 0 Å². The summed E-state index contributed by atoms with van der Waals surface area (Å²) >= 11 is 0. The SMILES string of the molecule is [CH2-]N.[CH2-]NC.[CH2-]NC(C)C.[CH2-]NC(C)C.[CH2-]NC(C)C.[CH2-]O.[V+2].[V+2].[V+2]. The Morgan fingerprint density at radius 3 is 0.640 bits per heavy atom. The summed E-state index contributed by atoms with van der Waals surface area (Å²) in [7, 11) is 20.3. The molecule has 6 nitrogen and oxygen atoms in total. The second kappa shape index (κ2) is 72.8. The zero-order valence-electron chi connectivity index (χ0n) is 17.3. The minimum atomic E-state index is 0. The topological polar surface area (TPSA) is 94.4 Å². The van der Waals surface area contributed by atoms with E-state index in [1.54, 1.807) is 7.05 Å². The smallest absolute Gasteiger partial charge is 0.569 e. The third-order valence-corrected chi connectivity index (χ3v) is 1.22. The van der Waals surface area contributed by atoms with Gasteiger partial charge in [-0.05, 0) is 25.2 Å². The second-order valence-electron chi connectivity index (χ2n) is 4.43. The average molecular weight is 474 g/mol. The Hall–Kier alpha value is 1.51. The molecule has 0 aromatic heterocycles. The zero-order valence-corrected chi connectivity index (χ0v) is 21.5. The fraction of sp³-hybridized carbons (Fsp3) is 0.625. The van der Waals surface area contributed by atoms with E-state index in [4.69, 9.17) is 5.11 Å². The fourth-order valence-corrected chi connectivity index (χ4v) is 0. The van der Waals surface area contributed by atoms with E-state index in [1.807, 2.05) is 41.5 Å². The van der Waals surface area contributed by atoms with Crippen LogP contribution in [0.15, 0.2) is 0 Å². The molecule has 0 aliphatic rings. The molecule has 0 aromatic carbocycles. The molecule has 25 heavy (non-hydrogen) atoms. The molecule has 153 valence electrons. The van der Waals surface area contributed by atoms with Crippen LogP contribution in [0.2, 0.25) is 0 Å². The van der Waals surface area contributed by atoms with Gasteiger partial charge in [0.15, 0.2) is 0 Å². The van der Waals surface area contributed by atoms with E-state index >= 15 is 0 Å². The van der Waals surface area contributed by atoms with Crippen molar-refractivity contribution in [3.05, 3.63) is 42.3 Å². The molecule has 0 aliphatic carbocycles. The maximum absolute atomic E-state index is 6.75. The Labute approximate surface area is 196 Å². The Bertz CT molecular complexity index is 107. The Morgan fingerprint density at radius 2 is 0.640 bits per heavy atom. The van der Waals surface area contributed by atoms with E-state index in [2.05, 4.69) is 69.3 Å². The maximum atomic E-state index is 6.75. The molecule has 0 spiro atoms. The molecule has 0 bridgehead atoms. The molecule has 9 heteroatoms. The van der Waals surface area contributed by atoms with E-state index < -0.39 is 0 Å². The number of aliphatic hydroxyl groups excluding tert-OH is 1. The molecule has 0 rings (SSSR count).